The molecule has 0 aliphatic rings. The van der Waals surface area contributed by atoms with Gasteiger partial charge in [-0.15, -0.1) is 0 Å². The first-order chi connectivity index (χ1) is 10.0. The third-order valence-electron chi connectivity index (χ3n) is 2.90. The van der Waals surface area contributed by atoms with Crippen LogP contribution in [0.15, 0.2) is 28.7 Å². The summed E-state index contributed by atoms with van der Waals surface area (Å²) in [5, 5.41) is 10.6. The van der Waals surface area contributed by atoms with Gasteiger partial charge in [-0.1, -0.05) is 12.1 Å². The van der Waals surface area contributed by atoms with Gasteiger partial charge in [0.1, 0.15) is 11.4 Å². The van der Waals surface area contributed by atoms with Gasteiger partial charge >= 0.3 is 5.97 Å². The lowest BCUT2D eigenvalue weighted by Crippen LogP contribution is -2.09. The van der Waals surface area contributed by atoms with Crippen molar-refractivity contribution in [1.82, 2.24) is 4.98 Å². The van der Waals surface area contributed by atoms with Crippen LogP contribution in [0.2, 0.25) is 0 Å². The molecule has 5 nitrogen and oxygen atoms in total. The molecule has 0 aliphatic heterocycles. The first kappa shape index (κ1) is 15.4. The number of carbonyl (C=O) groups is 2. The molecular formula is C15H14BrNO4. The number of halogens is 1. The first-order valence-electron chi connectivity index (χ1n) is 6.50. The molecule has 21 heavy (non-hydrogen) atoms. The lowest BCUT2D eigenvalue weighted by atomic mass is 10.1. The molecule has 1 aromatic heterocycles. The van der Waals surface area contributed by atoms with Crippen molar-refractivity contribution in [2.45, 2.75) is 19.8 Å². The van der Waals surface area contributed by atoms with Crippen LogP contribution in [0.1, 0.15) is 30.3 Å². The number of hydrogen-bond acceptors (Lipinski definition) is 5. The normalized spacial score (nSPS) is 10.6. The molecule has 0 saturated carbocycles. The fourth-order valence-electron chi connectivity index (χ4n) is 1.92. The Hall–Kier alpha value is -1.95. The molecule has 0 bridgehead atoms. The molecular weight excluding hydrogens is 338 g/mol. The molecule has 0 spiro atoms. The zero-order chi connectivity index (χ0) is 15.4. The second kappa shape index (κ2) is 6.67. The van der Waals surface area contributed by atoms with E-state index in [-0.39, 0.29) is 30.9 Å². The maximum atomic E-state index is 12.1. The third kappa shape index (κ3) is 3.58. The molecule has 0 unspecified atom stereocenters. The first-order valence-corrected chi connectivity index (χ1v) is 7.29. The van der Waals surface area contributed by atoms with Crippen LogP contribution in [-0.4, -0.2) is 28.4 Å². The van der Waals surface area contributed by atoms with Gasteiger partial charge in [0.25, 0.3) is 0 Å². The average Bonchev–Trinajstić information content (AvgIpc) is 2.45. The molecule has 2 aromatic rings. The average molecular weight is 352 g/mol. The number of para-hydroxylation sites is 1. The van der Waals surface area contributed by atoms with Gasteiger partial charge in [0.05, 0.1) is 18.5 Å². The van der Waals surface area contributed by atoms with Crippen LogP contribution in [0.4, 0.5) is 0 Å². The Bertz CT molecular complexity index is 699. The Balaban J connectivity index is 2.25. The van der Waals surface area contributed by atoms with E-state index in [9.17, 15) is 14.7 Å². The van der Waals surface area contributed by atoms with E-state index in [1.54, 1.807) is 19.1 Å². The molecule has 0 atom stereocenters. The Kier molecular flexibility index (Phi) is 4.90. The van der Waals surface area contributed by atoms with E-state index in [0.717, 1.165) is 9.86 Å². The van der Waals surface area contributed by atoms with E-state index in [2.05, 4.69) is 20.9 Å². The van der Waals surface area contributed by atoms with E-state index in [1.165, 1.54) is 6.07 Å². The zero-order valence-electron chi connectivity index (χ0n) is 11.4. The minimum Gasteiger partial charge on any atom is -0.506 e. The van der Waals surface area contributed by atoms with Crippen molar-refractivity contribution >= 4 is 38.6 Å². The highest BCUT2D eigenvalue weighted by molar-refractivity contribution is 9.10. The molecule has 1 aromatic carbocycles. The van der Waals surface area contributed by atoms with Crippen LogP contribution < -0.4 is 0 Å². The number of Topliss-reactive ketones (excluding diaryl/α,β-unsaturated/α-hetero) is 1. The quantitative estimate of drug-likeness (QED) is 0.660. The number of esters is 1. The molecule has 0 radical (unpaired) electrons. The van der Waals surface area contributed by atoms with E-state index in [0.29, 0.717) is 5.52 Å². The predicted octanol–water partition coefficient (Wildman–Crippen LogP) is 3.23. The Labute approximate surface area is 130 Å². The third-order valence-corrected chi connectivity index (χ3v) is 3.54. The molecule has 0 saturated heterocycles. The summed E-state index contributed by atoms with van der Waals surface area (Å²) in [6.07, 6.45) is -0.0723. The summed E-state index contributed by atoms with van der Waals surface area (Å²) in [7, 11) is 0. The van der Waals surface area contributed by atoms with Crippen LogP contribution in [0.25, 0.3) is 10.9 Å². The number of fused-ring (bicyclic) bond motifs is 1. The summed E-state index contributed by atoms with van der Waals surface area (Å²) in [5.74, 6) is -1.01. The van der Waals surface area contributed by atoms with Crippen LogP contribution in [0.5, 0.6) is 5.75 Å². The largest absolute Gasteiger partial charge is 0.506 e. The maximum Gasteiger partial charge on any atom is 0.306 e. The molecule has 0 aliphatic carbocycles. The number of hydrogen-bond donors (Lipinski definition) is 1. The lowest BCUT2D eigenvalue weighted by molar-refractivity contribution is -0.143. The van der Waals surface area contributed by atoms with Gasteiger partial charge in [0.2, 0.25) is 0 Å². The van der Waals surface area contributed by atoms with Gasteiger partial charge in [0.15, 0.2) is 5.78 Å². The van der Waals surface area contributed by atoms with E-state index in [4.69, 9.17) is 4.74 Å². The van der Waals surface area contributed by atoms with Crippen LogP contribution in [-0.2, 0) is 9.53 Å². The van der Waals surface area contributed by atoms with Crippen molar-refractivity contribution in [3.63, 3.8) is 0 Å². The highest BCUT2D eigenvalue weighted by Gasteiger charge is 2.17. The van der Waals surface area contributed by atoms with E-state index < -0.39 is 11.8 Å². The van der Waals surface area contributed by atoms with Crippen LogP contribution in [0, 0.1) is 0 Å². The fourth-order valence-corrected chi connectivity index (χ4v) is 2.39. The van der Waals surface area contributed by atoms with Crippen LogP contribution in [0.3, 0.4) is 0 Å². The number of pyridine rings is 1. The number of ether oxygens (including phenoxy) is 1. The topological polar surface area (TPSA) is 76.5 Å². The second-order valence-corrected chi connectivity index (χ2v) is 5.25. The molecule has 2 rings (SSSR count). The van der Waals surface area contributed by atoms with Gasteiger partial charge in [-0.05, 0) is 35.0 Å². The minimum atomic E-state index is -0.438. The second-order valence-electron chi connectivity index (χ2n) is 4.40. The van der Waals surface area contributed by atoms with E-state index in [1.807, 2.05) is 6.07 Å². The predicted molar refractivity (Wildman–Crippen MR) is 81.3 cm³/mol. The number of ketones is 1. The zero-order valence-corrected chi connectivity index (χ0v) is 13.0. The number of aromatic hydroxyl groups is 1. The van der Waals surface area contributed by atoms with Gasteiger partial charge in [-0.2, -0.15) is 0 Å². The number of benzene rings is 1. The van der Waals surface area contributed by atoms with Crippen molar-refractivity contribution in [3.05, 3.63) is 34.4 Å². The molecule has 1 N–H and O–H groups in total. The number of rotatable bonds is 5. The summed E-state index contributed by atoms with van der Waals surface area (Å²) in [5.41, 5.74) is 0.563. The molecule has 110 valence electrons. The van der Waals surface area contributed by atoms with Crippen molar-refractivity contribution in [1.29, 1.82) is 0 Å². The highest BCUT2D eigenvalue weighted by atomic mass is 79.9. The van der Waals surface area contributed by atoms with Crippen LogP contribution >= 0.6 is 15.9 Å². The standard InChI is InChI=1S/C15H14BrNO4/c1-2-21-13(20)7-6-11(18)15-12(19)8-9-4-3-5-10(16)14(9)17-15/h3-5,8,19H,2,6-7H2,1H3. The van der Waals surface area contributed by atoms with Gasteiger partial charge in [-0.3, -0.25) is 9.59 Å². The highest BCUT2D eigenvalue weighted by Crippen LogP contribution is 2.27. The Morgan fingerprint density at radius 2 is 2.10 bits per heavy atom. The monoisotopic (exact) mass is 351 g/mol. The summed E-state index contributed by atoms with van der Waals surface area (Å²) < 4.78 is 5.50. The fraction of sp³-hybridized carbons (Fsp3) is 0.267. The molecule has 6 heteroatoms. The Morgan fingerprint density at radius 3 is 2.81 bits per heavy atom. The maximum absolute atomic E-state index is 12.1. The number of nitrogens with zero attached hydrogens (tertiary/aromatic N) is 1. The summed E-state index contributed by atoms with van der Waals surface area (Å²) in [6.45, 7) is 1.98. The summed E-state index contributed by atoms with van der Waals surface area (Å²) in [4.78, 5) is 27.5. The van der Waals surface area contributed by atoms with Gasteiger partial charge < -0.3 is 9.84 Å². The molecule has 0 amide bonds. The van der Waals surface area contributed by atoms with Crippen molar-refractivity contribution in [2.24, 2.45) is 0 Å². The number of aromatic nitrogens is 1. The summed E-state index contributed by atoms with van der Waals surface area (Å²) >= 11 is 3.36. The minimum absolute atomic E-state index is 0.0260. The van der Waals surface area contributed by atoms with Gasteiger partial charge in [-0.25, -0.2) is 4.98 Å². The summed E-state index contributed by atoms with van der Waals surface area (Å²) in [6, 6.07) is 6.90. The lowest BCUT2D eigenvalue weighted by Gasteiger charge is -2.06. The SMILES string of the molecule is CCOC(=O)CCC(=O)c1nc2c(Br)cccc2cc1O. The Morgan fingerprint density at radius 1 is 1.33 bits per heavy atom. The van der Waals surface area contributed by atoms with Crippen molar-refractivity contribution < 1.29 is 19.4 Å². The van der Waals surface area contributed by atoms with Crippen molar-refractivity contribution in [3.8, 4) is 5.75 Å². The van der Waals surface area contributed by atoms with Crippen molar-refractivity contribution in [2.75, 3.05) is 6.61 Å². The number of carbonyl (C=O) groups excluding carboxylic acids is 2. The molecule has 1 heterocycles. The smallest absolute Gasteiger partial charge is 0.306 e. The molecule has 0 fully saturated rings. The van der Waals surface area contributed by atoms with Gasteiger partial charge in [0, 0.05) is 16.3 Å². The van der Waals surface area contributed by atoms with E-state index >= 15 is 0 Å².